The predicted molar refractivity (Wildman–Crippen MR) is 63.5 cm³/mol. The molecule has 1 amide bonds. The highest BCUT2D eigenvalue weighted by atomic mass is 32.1. The van der Waals surface area contributed by atoms with Crippen molar-refractivity contribution < 1.29 is 9.18 Å². The number of carbonyl (C=O) groups excluding carboxylic acids is 1. The molecular weight excluding hydrogens is 243 g/mol. The fraction of sp³-hybridized carbons (Fsp3) is 0.100. The van der Waals surface area contributed by atoms with Crippen LogP contribution in [0.3, 0.4) is 0 Å². The summed E-state index contributed by atoms with van der Waals surface area (Å²) in [6.45, 7) is 0. The molecule has 5 nitrogen and oxygen atoms in total. The summed E-state index contributed by atoms with van der Waals surface area (Å²) in [6, 6.07) is 5.59. The predicted octanol–water partition coefficient (Wildman–Crippen LogP) is 1.54. The van der Waals surface area contributed by atoms with E-state index in [1.807, 2.05) is 0 Å². The van der Waals surface area contributed by atoms with Gasteiger partial charge in [-0.25, -0.2) is 4.39 Å². The van der Waals surface area contributed by atoms with Gasteiger partial charge in [-0.1, -0.05) is 11.3 Å². The first-order chi connectivity index (χ1) is 8.08. The normalized spacial score (nSPS) is 10.2. The number of hydrogen-bond acceptors (Lipinski definition) is 5. The second kappa shape index (κ2) is 4.46. The topological polar surface area (TPSA) is 72.1 Å². The van der Waals surface area contributed by atoms with Crippen LogP contribution in [-0.2, 0) is 0 Å². The summed E-state index contributed by atoms with van der Waals surface area (Å²) in [5.41, 5.74) is 5.97. The highest BCUT2D eigenvalue weighted by molar-refractivity contribution is 7.17. The molecule has 2 aromatic rings. The lowest BCUT2D eigenvalue weighted by Gasteiger charge is -2.15. The number of halogens is 1. The first-order valence-corrected chi connectivity index (χ1v) is 5.52. The molecule has 0 spiro atoms. The largest absolute Gasteiger partial charge is 0.374 e. The van der Waals surface area contributed by atoms with Crippen LogP contribution in [0, 0.1) is 5.82 Å². The molecule has 1 heterocycles. The number of benzene rings is 1. The second-order valence-corrected chi connectivity index (χ2v) is 4.30. The third-order valence-electron chi connectivity index (χ3n) is 2.14. The van der Waals surface area contributed by atoms with Crippen LogP contribution < -0.4 is 10.6 Å². The van der Waals surface area contributed by atoms with E-state index in [0.29, 0.717) is 5.69 Å². The first-order valence-electron chi connectivity index (χ1n) is 4.70. The van der Waals surface area contributed by atoms with Crippen LogP contribution in [0.4, 0.5) is 15.2 Å². The van der Waals surface area contributed by atoms with E-state index in [2.05, 4.69) is 10.2 Å². The van der Waals surface area contributed by atoms with E-state index in [4.69, 9.17) is 5.73 Å². The van der Waals surface area contributed by atoms with Crippen molar-refractivity contribution >= 4 is 28.1 Å². The van der Waals surface area contributed by atoms with Crippen molar-refractivity contribution in [2.75, 3.05) is 17.7 Å². The molecule has 0 saturated heterocycles. The highest BCUT2D eigenvalue weighted by Crippen LogP contribution is 2.18. The SMILES string of the molecule is CN(C(=O)c1nnc(N)s1)c1ccc(F)cc1. The maximum Gasteiger partial charge on any atom is 0.289 e. The minimum atomic E-state index is -0.352. The quantitative estimate of drug-likeness (QED) is 0.879. The summed E-state index contributed by atoms with van der Waals surface area (Å²) in [6.07, 6.45) is 0. The second-order valence-electron chi connectivity index (χ2n) is 3.29. The number of anilines is 2. The average Bonchev–Trinajstić information content (AvgIpc) is 2.75. The molecule has 2 N–H and O–H groups in total. The molecule has 0 saturated carbocycles. The number of amides is 1. The third-order valence-corrected chi connectivity index (χ3v) is 2.88. The van der Waals surface area contributed by atoms with E-state index in [-0.39, 0.29) is 21.9 Å². The molecule has 1 aromatic heterocycles. The van der Waals surface area contributed by atoms with Gasteiger partial charge in [0.15, 0.2) is 0 Å². The minimum Gasteiger partial charge on any atom is -0.374 e. The molecule has 0 aliphatic heterocycles. The van der Waals surface area contributed by atoms with Gasteiger partial charge in [0, 0.05) is 12.7 Å². The summed E-state index contributed by atoms with van der Waals surface area (Å²) in [5.74, 6) is -0.680. The Morgan fingerprint density at radius 3 is 2.53 bits per heavy atom. The van der Waals surface area contributed by atoms with E-state index in [1.165, 1.54) is 29.2 Å². The lowest BCUT2D eigenvalue weighted by Crippen LogP contribution is -2.26. The maximum atomic E-state index is 12.7. The Labute approximate surface area is 101 Å². The van der Waals surface area contributed by atoms with Gasteiger partial charge in [0.2, 0.25) is 10.1 Å². The molecule has 1 aromatic carbocycles. The number of aromatic nitrogens is 2. The molecule has 0 aliphatic rings. The monoisotopic (exact) mass is 252 g/mol. The van der Waals surface area contributed by atoms with Crippen molar-refractivity contribution in [3.63, 3.8) is 0 Å². The molecule has 0 fully saturated rings. The van der Waals surface area contributed by atoms with E-state index >= 15 is 0 Å². The van der Waals surface area contributed by atoms with Crippen molar-refractivity contribution in [3.8, 4) is 0 Å². The van der Waals surface area contributed by atoms with Crippen LogP contribution in [0.15, 0.2) is 24.3 Å². The number of nitrogens with zero attached hydrogens (tertiary/aromatic N) is 3. The number of hydrogen-bond donors (Lipinski definition) is 1. The molecule has 0 aliphatic carbocycles. The Morgan fingerprint density at radius 1 is 1.35 bits per heavy atom. The molecular formula is C10H9FN4OS. The summed E-state index contributed by atoms with van der Waals surface area (Å²) in [7, 11) is 1.58. The third kappa shape index (κ3) is 2.39. The minimum absolute atomic E-state index is 0.203. The molecule has 0 atom stereocenters. The van der Waals surface area contributed by atoms with Gasteiger partial charge in [0.1, 0.15) is 5.82 Å². The van der Waals surface area contributed by atoms with Crippen LogP contribution in [0.5, 0.6) is 0 Å². The lowest BCUT2D eigenvalue weighted by molar-refractivity contribution is 0.0992. The van der Waals surface area contributed by atoms with Crippen molar-refractivity contribution in [3.05, 3.63) is 35.1 Å². The molecule has 17 heavy (non-hydrogen) atoms. The lowest BCUT2D eigenvalue weighted by atomic mass is 10.3. The van der Waals surface area contributed by atoms with Crippen LogP contribution in [0.25, 0.3) is 0 Å². The summed E-state index contributed by atoms with van der Waals surface area (Å²) in [5, 5.41) is 7.66. The van der Waals surface area contributed by atoms with Crippen LogP contribution in [-0.4, -0.2) is 23.2 Å². The Kier molecular flexibility index (Phi) is 3.01. The smallest absolute Gasteiger partial charge is 0.289 e. The highest BCUT2D eigenvalue weighted by Gasteiger charge is 2.17. The van der Waals surface area contributed by atoms with Crippen LogP contribution >= 0.6 is 11.3 Å². The zero-order chi connectivity index (χ0) is 12.4. The molecule has 2 rings (SSSR count). The average molecular weight is 252 g/mol. The van der Waals surface area contributed by atoms with Crippen LogP contribution in [0.2, 0.25) is 0 Å². The standard InChI is InChI=1S/C10H9FN4OS/c1-15(7-4-2-6(11)3-5-7)9(16)8-13-14-10(12)17-8/h2-5H,1H3,(H2,12,14). The fourth-order valence-electron chi connectivity index (χ4n) is 1.25. The van der Waals surface area contributed by atoms with Gasteiger partial charge in [-0.2, -0.15) is 0 Å². The Balaban J connectivity index is 2.23. The van der Waals surface area contributed by atoms with Gasteiger partial charge in [0.25, 0.3) is 5.91 Å². The van der Waals surface area contributed by atoms with Crippen LogP contribution in [0.1, 0.15) is 9.80 Å². The molecule has 0 radical (unpaired) electrons. The summed E-state index contributed by atoms with van der Waals surface area (Å²) >= 11 is 1.01. The summed E-state index contributed by atoms with van der Waals surface area (Å²) in [4.78, 5) is 13.3. The van der Waals surface area contributed by atoms with Gasteiger partial charge in [-0.15, -0.1) is 10.2 Å². The Hall–Kier alpha value is -2.02. The molecule has 0 unspecified atom stereocenters. The van der Waals surface area contributed by atoms with E-state index in [1.54, 1.807) is 7.05 Å². The Morgan fingerprint density at radius 2 is 2.00 bits per heavy atom. The summed E-state index contributed by atoms with van der Waals surface area (Å²) < 4.78 is 12.7. The molecule has 0 bridgehead atoms. The maximum absolute atomic E-state index is 12.7. The fourth-order valence-corrected chi connectivity index (χ4v) is 1.83. The van der Waals surface area contributed by atoms with Crippen molar-refractivity contribution in [1.29, 1.82) is 0 Å². The number of rotatable bonds is 2. The van der Waals surface area contributed by atoms with E-state index in [0.717, 1.165) is 11.3 Å². The van der Waals surface area contributed by atoms with Gasteiger partial charge in [-0.3, -0.25) is 4.79 Å². The van der Waals surface area contributed by atoms with Crippen molar-refractivity contribution in [2.24, 2.45) is 0 Å². The van der Waals surface area contributed by atoms with Gasteiger partial charge < -0.3 is 10.6 Å². The number of nitrogens with two attached hydrogens (primary N) is 1. The van der Waals surface area contributed by atoms with Gasteiger partial charge >= 0.3 is 0 Å². The van der Waals surface area contributed by atoms with E-state index < -0.39 is 0 Å². The van der Waals surface area contributed by atoms with Gasteiger partial charge in [0.05, 0.1) is 0 Å². The van der Waals surface area contributed by atoms with Gasteiger partial charge in [-0.05, 0) is 24.3 Å². The van der Waals surface area contributed by atoms with Crippen molar-refractivity contribution in [1.82, 2.24) is 10.2 Å². The zero-order valence-corrected chi connectivity index (χ0v) is 9.74. The molecule has 7 heteroatoms. The van der Waals surface area contributed by atoms with Crippen molar-refractivity contribution in [2.45, 2.75) is 0 Å². The number of carbonyl (C=O) groups is 1. The molecule has 88 valence electrons. The first kappa shape index (κ1) is 11.5. The Bertz CT molecular complexity index is 539. The zero-order valence-electron chi connectivity index (χ0n) is 8.92. The number of nitrogen functional groups attached to an aromatic ring is 1. The van der Waals surface area contributed by atoms with E-state index in [9.17, 15) is 9.18 Å².